The second-order valence-electron chi connectivity index (χ2n) is 3.75. The fourth-order valence-electron chi connectivity index (χ4n) is 1.71. The van der Waals surface area contributed by atoms with Gasteiger partial charge in [-0.1, -0.05) is 33.1 Å². The summed E-state index contributed by atoms with van der Waals surface area (Å²) in [6, 6.07) is 4.08. The maximum atomic E-state index is 5.77. The number of furan rings is 1. The van der Waals surface area contributed by atoms with Crippen LogP contribution in [-0.4, -0.2) is 6.54 Å². The Morgan fingerprint density at radius 2 is 2.13 bits per heavy atom. The highest BCUT2D eigenvalue weighted by Crippen LogP contribution is 2.24. The quantitative estimate of drug-likeness (QED) is 0.711. The zero-order valence-corrected chi connectivity index (χ0v) is 10.3. The number of hydrogen-bond donors (Lipinski definition) is 1. The van der Waals surface area contributed by atoms with Crippen molar-refractivity contribution in [1.82, 2.24) is 5.32 Å². The van der Waals surface area contributed by atoms with E-state index in [1.54, 1.807) is 6.07 Å². The molecule has 0 aliphatic rings. The van der Waals surface area contributed by atoms with Gasteiger partial charge in [-0.05, 0) is 36.7 Å². The molecule has 1 N–H and O–H groups in total. The average Bonchev–Trinajstić information content (AvgIpc) is 2.64. The predicted octanol–water partition coefficient (Wildman–Crippen LogP) is 4.16. The molecule has 1 heterocycles. The van der Waals surface area contributed by atoms with Gasteiger partial charge in [-0.25, -0.2) is 0 Å². The highest BCUT2D eigenvalue weighted by Gasteiger charge is 2.13. The zero-order chi connectivity index (χ0) is 11.1. The number of halogens is 1. The third kappa shape index (κ3) is 4.27. The first-order valence-corrected chi connectivity index (χ1v) is 6.14. The molecule has 1 atom stereocenters. The molecule has 0 radical (unpaired) electrons. The van der Waals surface area contributed by atoms with E-state index in [0.29, 0.717) is 11.3 Å². The van der Waals surface area contributed by atoms with E-state index < -0.39 is 0 Å². The van der Waals surface area contributed by atoms with E-state index in [2.05, 4.69) is 19.2 Å². The highest BCUT2D eigenvalue weighted by atomic mass is 35.5. The molecule has 0 bridgehead atoms. The summed E-state index contributed by atoms with van der Waals surface area (Å²) in [5.41, 5.74) is 0. The maximum absolute atomic E-state index is 5.77. The van der Waals surface area contributed by atoms with Gasteiger partial charge in [-0.15, -0.1) is 0 Å². The fourth-order valence-corrected chi connectivity index (χ4v) is 1.86. The molecular weight excluding hydrogens is 210 g/mol. The van der Waals surface area contributed by atoms with E-state index in [-0.39, 0.29) is 0 Å². The molecule has 0 aromatic carbocycles. The Kier molecular flexibility index (Phi) is 5.81. The molecule has 2 nitrogen and oxygen atoms in total. The Balaban J connectivity index is 2.49. The van der Waals surface area contributed by atoms with Gasteiger partial charge in [0.1, 0.15) is 5.76 Å². The van der Waals surface area contributed by atoms with E-state index >= 15 is 0 Å². The lowest BCUT2D eigenvalue weighted by molar-refractivity contribution is 0.392. The third-order valence-corrected chi connectivity index (χ3v) is 2.69. The molecule has 15 heavy (non-hydrogen) atoms. The van der Waals surface area contributed by atoms with Gasteiger partial charge in [-0.3, -0.25) is 0 Å². The molecule has 0 aliphatic carbocycles. The topological polar surface area (TPSA) is 25.2 Å². The van der Waals surface area contributed by atoms with Crippen LogP contribution in [0.1, 0.15) is 51.3 Å². The maximum Gasteiger partial charge on any atom is 0.193 e. The van der Waals surface area contributed by atoms with Gasteiger partial charge >= 0.3 is 0 Å². The minimum atomic E-state index is 0.314. The molecule has 0 spiro atoms. The van der Waals surface area contributed by atoms with Crippen LogP contribution in [0.25, 0.3) is 0 Å². The molecular formula is C12H20ClNO. The lowest BCUT2D eigenvalue weighted by Crippen LogP contribution is -2.20. The van der Waals surface area contributed by atoms with E-state index in [1.807, 2.05) is 6.07 Å². The normalized spacial score (nSPS) is 13.0. The number of unbranched alkanes of at least 4 members (excludes halogenated alkanes) is 2. The van der Waals surface area contributed by atoms with Gasteiger partial charge in [0.25, 0.3) is 0 Å². The van der Waals surface area contributed by atoms with Crippen molar-refractivity contribution in [1.29, 1.82) is 0 Å². The van der Waals surface area contributed by atoms with Crippen LogP contribution in [0.3, 0.4) is 0 Å². The summed E-state index contributed by atoms with van der Waals surface area (Å²) in [6.07, 6.45) is 4.87. The minimum Gasteiger partial charge on any atom is -0.448 e. The number of nitrogens with one attached hydrogen (secondary N) is 1. The van der Waals surface area contributed by atoms with Crippen molar-refractivity contribution in [3.05, 3.63) is 23.1 Å². The van der Waals surface area contributed by atoms with Crippen LogP contribution in [0.5, 0.6) is 0 Å². The first-order chi connectivity index (χ1) is 7.27. The summed E-state index contributed by atoms with van der Waals surface area (Å²) in [4.78, 5) is 0. The second-order valence-corrected chi connectivity index (χ2v) is 4.12. The van der Waals surface area contributed by atoms with Gasteiger partial charge in [0, 0.05) is 0 Å². The lowest BCUT2D eigenvalue weighted by Gasteiger charge is -2.14. The monoisotopic (exact) mass is 229 g/mol. The zero-order valence-electron chi connectivity index (χ0n) is 9.55. The van der Waals surface area contributed by atoms with Crippen LogP contribution in [0.4, 0.5) is 0 Å². The molecule has 1 aromatic heterocycles. The molecule has 1 rings (SSSR count). The molecule has 1 unspecified atom stereocenters. The third-order valence-electron chi connectivity index (χ3n) is 2.48. The second kappa shape index (κ2) is 6.91. The summed E-state index contributed by atoms with van der Waals surface area (Å²) in [6.45, 7) is 5.28. The van der Waals surface area contributed by atoms with E-state index in [9.17, 15) is 0 Å². The molecule has 0 fully saturated rings. The largest absolute Gasteiger partial charge is 0.448 e. The van der Waals surface area contributed by atoms with Crippen molar-refractivity contribution in [2.24, 2.45) is 0 Å². The SMILES string of the molecule is CCCCCC(NCC)c1ccc(Cl)o1. The van der Waals surface area contributed by atoms with E-state index in [1.165, 1.54) is 19.3 Å². The Labute approximate surface area is 97.0 Å². The predicted molar refractivity (Wildman–Crippen MR) is 64.3 cm³/mol. The highest BCUT2D eigenvalue weighted by molar-refractivity contribution is 6.28. The van der Waals surface area contributed by atoms with Crippen LogP contribution in [0.15, 0.2) is 16.5 Å². The summed E-state index contributed by atoms with van der Waals surface area (Å²) < 4.78 is 5.43. The van der Waals surface area contributed by atoms with Crippen molar-refractivity contribution in [3.63, 3.8) is 0 Å². The fraction of sp³-hybridized carbons (Fsp3) is 0.667. The molecule has 0 saturated carbocycles. The molecule has 0 saturated heterocycles. The Morgan fingerprint density at radius 3 is 2.67 bits per heavy atom. The van der Waals surface area contributed by atoms with E-state index in [4.69, 9.17) is 16.0 Å². The minimum absolute atomic E-state index is 0.314. The Hall–Kier alpha value is -0.470. The average molecular weight is 230 g/mol. The van der Waals surface area contributed by atoms with Crippen molar-refractivity contribution in [2.75, 3.05) is 6.54 Å². The van der Waals surface area contributed by atoms with Gasteiger partial charge in [-0.2, -0.15) is 0 Å². The first kappa shape index (κ1) is 12.6. The molecule has 0 amide bonds. The van der Waals surface area contributed by atoms with Crippen LogP contribution in [0, 0.1) is 0 Å². The van der Waals surface area contributed by atoms with Gasteiger partial charge < -0.3 is 9.73 Å². The van der Waals surface area contributed by atoms with Crippen LogP contribution in [0.2, 0.25) is 5.22 Å². The summed E-state index contributed by atoms with van der Waals surface area (Å²) >= 11 is 5.77. The van der Waals surface area contributed by atoms with Gasteiger partial charge in [0.15, 0.2) is 5.22 Å². The standard InChI is InChI=1S/C12H20ClNO/c1-3-5-6-7-10(14-4-2)11-8-9-12(13)15-11/h8-10,14H,3-7H2,1-2H3. The van der Waals surface area contributed by atoms with Crippen LogP contribution < -0.4 is 5.32 Å². The Bertz CT molecular complexity index is 272. The number of hydrogen-bond acceptors (Lipinski definition) is 2. The molecule has 86 valence electrons. The smallest absolute Gasteiger partial charge is 0.193 e. The molecule has 0 aliphatic heterocycles. The Morgan fingerprint density at radius 1 is 1.33 bits per heavy atom. The lowest BCUT2D eigenvalue weighted by atomic mass is 10.1. The molecule has 3 heteroatoms. The molecule has 1 aromatic rings. The van der Waals surface area contributed by atoms with Crippen molar-refractivity contribution in [2.45, 2.75) is 45.6 Å². The summed E-state index contributed by atoms with van der Waals surface area (Å²) in [5, 5.41) is 3.89. The first-order valence-electron chi connectivity index (χ1n) is 5.76. The van der Waals surface area contributed by atoms with Crippen molar-refractivity contribution >= 4 is 11.6 Å². The van der Waals surface area contributed by atoms with Gasteiger partial charge in [0.2, 0.25) is 0 Å². The number of rotatable bonds is 7. The van der Waals surface area contributed by atoms with Crippen molar-refractivity contribution < 1.29 is 4.42 Å². The van der Waals surface area contributed by atoms with Gasteiger partial charge in [0.05, 0.1) is 6.04 Å². The summed E-state index contributed by atoms with van der Waals surface area (Å²) in [5.74, 6) is 0.956. The summed E-state index contributed by atoms with van der Waals surface area (Å²) in [7, 11) is 0. The van der Waals surface area contributed by atoms with Crippen LogP contribution >= 0.6 is 11.6 Å². The van der Waals surface area contributed by atoms with Crippen molar-refractivity contribution in [3.8, 4) is 0 Å². The van der Waals surface area contributed by atoms with Crippen LogP contribution in [-0.2, 0) is 0 Å². The van der Waals surface area contributed by atoms with E-state index in [0.717, 1.165) is 18.7 Å².